The SMILES string of the molecule is COCCNC(=O)c1cc(Nc2ccc(N3CCCCC3)cc2)ccn1. The van der Waals surface area contributed by atoms with Crippen LogP contribution in [0.15, 0.2) is 42.6 Å². The molecule has 0 spiro atoms. The summed E-state index contributed by atoms with van der Waals surface area (Å²) in [6.07, 6.45) is 5.51. The number of rotatable bonds is 7. The zero-order valence-corrected chi connectivity index (χ0v) is 15.2. The number of nitrogens with one attached hydrogen (secondary N) is 2. The fraction of sp³-hybridized carbons (Fsp3) is 0.400. The molecule has 1 aromatic carbocycles. The molecule has 0 unspecified atom stereocenters. The topological polar surface area (TPSA) is 66.5 Å². The lowest BCUT2D eigenvalue weighted by Gasteiger charge is -2.28. The number of benzene rings is 1. The quantitative estimate of drug-likeness (QED) is 0.748. The Labute approximate surface area is 154 Å². The molecule has 6 nitrogen and oxygen atoms in total. The van der Waals surface area contributed by atoms with E-state index in [-0.39, 0.29) is 5.91 Å². The van der Waals surface area contributed by atoms with E-state index < -0.39 is 0 Å². The van der Waals surface area contributed by atoms with Crippen molar-refractivity contribution in [1.82, 2.24) is 10.3 Å². The van der Waals surface area contributed by atoms with Gasteiger partial charge in [0.15, 0.2) is 0 Å². The molecular formula is C20H26N4O2. The Kier molecular flexibility index (Phi) is 6.44. The molecule has 0 radical (unpaired) electrons. The highest BCUT2D eigenvalue weighted by Gasteiger charge is 2.11. The van der Waals surface area contributed by atoms with Crippen molar-refractivity contribution in [2.45, 2.75) is 19.3 Å². The van der Waals surface area contributed by atoms with Crippen molar-refractivity contribution < 1.29 is 9.53 Å². The van der Waals surface area contributed by atoms with Crippen LogP contribution in [-0.2, 0) is 4.74 Å². The maximum atomic E-state index is 12.1. The number of anilines is 3. The van der Waals surface area contributed by atoms with E-state index in [1.165, 1.54) is 24.9 Å². The Morgan fingerprint density at radius 2 is 1.88 bits per heavy atom. The molecule has 2 N–H and O–H groups in total. The first kappa shape index (κ1) is 18.2. The Bertz CT molecular complexity index is 712. The van der Waals surface area contributed by atoms with Crippen molar-refractivity contribution in [2.24, 2.45) is 0 Å². The van der Waals surface area contributed by atoms with Gasteiger partial charge in [0.1, 0.15) is 5.69 Å². The Hall–Kier alpha value is -2.60. The van der Waals surface area contributed by atoms with Crippen molar-refractivity contribution in [1.29, 1.82) is 0 Å². The minimum Gasteiger partial charge on any atom is -0.383 e. The molecule has 0 saturated carbocycles. The van der Waals surface area contributed by atoms with Crippen LogP contribution in [0.3, 0.4) is 0 Å². The summed E-state index contributed by atoms with van der Waals surface area (Å²) in [7, 11) is 1.60. The van der Waals surface area contributed by atoms with E-state index in [1.54, 1.807) is 19.4 Å². The molecule has 2 heterocycles. The van der Waals surface area contributed by atoms with Crippen molar-refractivity contribution in [2.75, 3.05) is 43.6 Å². The van der Waals surface area contributed by atoms with Gasteiger partial charge in [-0.1, -0.05) is 0 Å². The number of hydrogen-bond acceptors (Lipinski definition) is 5. The number of ether oxygens (including phenoxy) is 1. The highest BCUT2D eigenvalue weighted by atomic mass is 16.5. The van der Waals surface area contributed by atoms with Crippen LogP contribution < -0.4 is 15.5 Å². The van der Waals surface area contributed by atoms with Crippen LogP contribution in [0.25, 0.3) is 0 Å². The number of aromatic nitrogens is 1. The fourth-order valence-electron chi connectivity index (χ4n) is 3.06. The minimum absolute atomic E-state index is 0.203. The average Bonchev–Trinajstić information content (AvgIpc) is 2.69. The van der Waals surface area contributed by atoms with Gasteiger partial charge in [0, 0.05) is 50.0 Å². The van der Waals surface area contributed by atoms with Gasteiger partial charge in [-0.05, 0) is 55.7 Å². The molecule has 3 rings (SSSR count). The zero-order chi connectivity index (χ0) is 18.2. The zero-order valence-electron chi connectivity index (χ0n) is 15.2. The van der Waals surface area contributed by atoms with E-state index in [0.717, 1.165) is 24.5 Å². The first-order valence-corrected chi connectivity index (χ1v) is 9.11. The third kappa shape index (κ3) is 4.95. The van der Waals surface area contributed by atoms with Crippen LogP contribution in [0.2, 0.25) is 0 Å². The smallest absolute Gasteiger partial charge is 0.270 e. The van der Waals surface area contributed by atoms with Crippen LogP contribution in [-0.4, -0.2) is 44.2 Å². The van der Waals surface area contributed by atoms with Gasteiger partial charge in [0.2, 0.25) is 0 Å². The molecule has 138 valence electrons. The minimum atomic E-state index is -0.203. The highest BCUT2D eigenvalue weighted by molar-refractivity contribution is 5.93. The van der Waals surface area contributed by atoms with E-state index in [0.29, 0.717) is 18.8 Å². The number of piperidine rings is 1. The number of methoxy groups -OCH3 is 1. The number of pyridine rings is 1. The van der Waals surface area contributed by atoms with Gasteiger partial charge < -0.3 is 20.3 Å². The van der Waals surface area contributed by atoms with Crippen molar-refractivity contribution in [3.8, 4) is 0 Å². The van der Waals surface area contributed by atoms with E-state index in [1.807, 2.05) is 6.07 Å². The molecule has 26 heavy (non-hydrogen) atoms. The first-order valence-electron chi connectivity index (χ1n) is 9.11. The standard InChI is InChI=1S/C20H26N4O2/c1-26-14-11-22-20(25)19-15-17(9-10-21-19)23-16-5-7-18(8-6-16)24-12-3-2-4-13-24/h5-10,15H,2-4,11-14H2,1H3,(H,21,23)(H,22,25). The molecule has 1 fully saturated rings. The second-order valence-corrected chi connectivity index (χ2v) is 6.40. The number of amides is 1. The van der Waals surface area contributed by atoms with Gasteiger partial charge in [0.05, 0.1) is 6.61 Å². The molecule has 1 aromatic heterocycles. The van der Waals surface area contributed by atoms with Gasteiger partial charge in [0.25, 0.3) is 5.91 Å². The second kappa shape index (κ2) is 9.20. The maximum Gasteiger partial charge on any atom is 0.270 e. The van der Waals surface area contributed by atoms with Crippen LogP contribution in [0.5, 0.6) is 0 Å². The third-order valence-corrected chi connectivity index (χ3v) is 4.46. The number of carbonyl (C=O) groups excluding carboxylic acids is 1. The average molecular weight is 354 g/mol. The molecule has 1 aliphatic rings. The summed E-state index contributed by atoms with van der Waals surface area (Å²) in [6.45, 7) is 3.22. The summed E-state index contributed by atoms with van der Waals surface area (Å²) < 4.78 is 4.93. The van der Waals surface area contributed by atoms with Crippen LogP contribution in [0, 0.1) is 0 Å². The molecule has 1 saturated heterocycles. The van der Waals surface area contributed by atoms with Crippen LogP contribution in [0.1, 0.15) is 29.8 Å². The summed E-state index contributed by atoms with van der Waals surface area (Å²) in [4.78, 5) is 18.6. The molecule has 1 aliphatic heterocycles. The summed E-state index contributed by atoms with van der Waals surface area (Å²) >= 11 is 0. The normalized spacial score (nSPS) is 14.1. The monoisotopic (exact) mass is 354 g/mol. The van der Waals surface area contributed by atoms with Gasteiger partial charge in [-0.3, -0.25) is 9.78 Å². The van der Waals surface area contributed by atoms with E-state index in [9.17, 15) is 4.79 Å². The summed E-state index contributed by atoms with van der Waals surface area (Å²) in [5, 5.41) is 6.11. The Morgan fingerprint density at radius 3 is 2.62 bits per heavy atom. The number of nitrogens with zero attached hydrogens (tertiary/aromatic N) is 2. The molecular weight excluding hydrogens is 328 g/mol. The molecule has 2 aromatic rings. The van der Waals surface area contributed by atoms with E-state index >= 15 is 0 Å². The van der Waals surface area contributed by atoms with Gasteiger partial charge in [-0.25, -0.2) is 0 Å². The predicted octanol–water partition coefficient (Wildman–Crippen LogP) is 3.19. The lowest BCUT2D eigenvalue weighted by atomic mass is 10.1. The summed E-state index contributed by atoms with van der Waals surface area (Å²) in [6, 6.07) is 12.0. The van der Waals surface area contributed by atoms with Gasteiger partial charge in [-0.2, -0.15) is 0 Å². The van der Waals surface area contributed by atoms with Crippen LogP contribution in [0.4, 0.5) is 17.1 Å². The Morgan fingerprint density at radius 1 is 1.12 bits per heavy atom. The Balaban J connectivity index is 1.61. The fourth-order valence-corrected chi connectivity index (χ4v) is 3.06. The molecule has 1 amide bonds. The molecule has 0 atom stereocenters. The summed E-state index contributed by atoms with van der Waals surface area (Å²) in [5.41, 5.74) is 3.48. The number of hydrogen-bond donors (Lipinski definition) is 2. The summed E-state index contributed by atoms with van der Waals surface area (Å²) in [5.74, 6) is -0.203. The molecule has 0 aliphatic carbocycles. The first-order chi connectivity index (χ1) is 12.8. The second-order valence-electron chi connectivity index (χ2n) is 6.40. The molecule has 6 heteroatoms. The van der Waals surface area contributed by atoms with Crippen molar-refractivity contribution >= 4 is 23.0 Å². The van der Waals surface area contributed by atoms with Gasteiger partial charge in [-0.15, -0.1) is 0 Å². The van der Waals surface area contributed by atoms with Crippen LogP contribution >= 0.6 is 0 Å². The lowest BCUT2D eigenvalue weighted by Crippen LogP contribution is -2.29. The predicted molar refractivity (Wildman–Crippen MR) is 104 cm³/mol. The van der Waals surface area contributed by atoms with Gasteiger partial charge >= 0.3 is 0 Å². The highest BCUT2D eigenvalue weighted by Crippen LogP contribution is 2.23. The van der Waals surface area contributed by atoms with Crippen molar-refractivity contribution in [3.05, 3.63) is 48.3 Å². The van der Waals surface area contributed by atoms with E-state index in [2.05, 4.69) is 44.8 Å². The molecule has 0 bridgehead atoms. The maximum absolute atomic E-state index is 12.1. The number of carbonyl (C=O) groups is 1. The largest absolute Gasteiger partial charge is 0.383 e. The van der Waals surface area contributed by atoms with E-state index in [4.69, 9.17) is 4.74 Å². The lowest BCUT2D eigenvalue weighted by molar-refractivity contribution is 0.0932. The van der Waals surface area contributed by atoms with Crippen molar-refractivity contribution in [3.63, 3.8) is 0 Å². The third-order valence-electron chi connectivity index (χ3n) is 4.46.